The van der Waals surface area contributed by atoms with Crippen LogP contribution < -0.4 is 18.9 Å². The van der Waals surface area contributed by atoms with Crippen molar-refractivity contribution >= 4 is 7.32 Å². The largest absolute Gasteiger partial charge is 1.00 e. The fourth-order valence-electron chi connectivity index (χ4n) is 0. The predicted molar refractivity (Wildman–Crippen MR) is 13.5 cm³/mol. The summed E-state index contributed by atoms with van der Waals surface area (Å²) in [5.74, 6) is 0. The minimum Gasteiger partial charge on any atom is -1.00 e. The second-order valence-electron chi connectivity index (χ2n) is 0.346. The fraction of sp³-hybridized carbons (Fsp3) is 0. The van der Waals surface area contributed by atoms with Crippen LogP contribution in [0.2, 0.25) is 0 Å². The van der Waals surface area contributed by atoms with Crippen LogP contribution in [0, 0.1) is 0 Å². The van der Waals surface area contributed by atoms with Gasteiger partial charge in [-0.25, -0.2) is 0 Å². The molecule has 34 valence electrons. The second-order valence-corrected chi connectivity index (χ2v) is 0.346. The van der Waals surface area contributed by atoms with Crippen molar-refractivity contribution in [3.63, 3.8) is 0 Å². The molecule has 0 aromatic heterocycles. The van der Waals surface area contributed by atoms with Gasteiger partial charge in [-0.1, -0.05) is 0 Å². The van der Waals surface area contributed by atoms with Gasteiger partial charge in [0.05, 0.1) is 0 Å². The monoisotopic (exact) mass is 126 g/mol. The van der Waals surface area contributed by atoms with E-state index >= 15 is 0 Å². The van der Waals surface area contributed by atoms with Gasteiger partial charge in [-0.2, -0.15) is 0 Å². The van der Waals surface area contributed by atoms with E-state index < -0.39 is 7.32 Å². The van der Waals surface area contributed by atoms with E-state index in [1.54, 1.807) is 0 Å². The van der Waals surface area contributed by atoms with Gasteiger partial charge in [0, 0.05) is 17.1 Å². The van der Waals surface area contributed by atoms with Crippen LogP contribution in [0.1, 0.15) is 1.43 Å². The molecule has 0 unspecified atom stereocenters. The summed E-state index contributed by atoms with van der Waals surface area (Å²) in [6, 6.07) is 0. The summed E-state index contributed by atoms with van der Waals surface area (Å²) in [5, 5.41) is 21.5. The maximum absolute atomic E-state index is 7.17. The van der Waals surface area contributed by atoms with Crippen LogP contribution >= 0.6 is 0 Å². The van der Waals surface area contributed by atoms with Gasteiger partial charge < -0.3 is 16.5 Å². The van der Waals surface area contributed by atoms with Crippen molar-refractivity contribution in [2.75, 3.05) is 0 Å². The number of hydrogen-bond donors (Lipinski definition) is 3. The minimum absolute atomic E-state index is 0. The van der Waals surface area contributed by atoms with E-state index in [4.69, 9.17) is 15.1 Å². The Morgan fingerprint density at radius 3 is 1.17 bits per heavy atom. The van der Waals surface area contributed by atoms with Crippen LogP contribution in [-0.2, 0) is 17.1 Å². The maximum atomic E-state index is 7.17. The molecule has 0 heterocycles. The van der Waals surface area contributed by atoms with Crippen LogP contribution in [-0.4, -0.2) is 22.4 Å². The Labute approximate surface area is 60.1 Å². The molecule has 0 aromatic carbocycles. The zero-order valence-corrected chi connectivity index (χ0v) is 4.38. The topological polar surface area (TPSA) is 60.7 Å². The molecule has 3 nitrogen and oxygen atoms in total. The summed E-state index contributed by atoms with van der Waals surface area (Å²) >= 11 is 0. The SMILES string of the molecule is OB(O)O.[Fe].[H-].[Li+]. The standard InChI is InChI=1S/BH3O3.Fe.Li.H/c2-1(3)4;;;/h2-4H;;;/q;;+1;-1. The summed E-state index contributed by atoms with van der Waals surface area (Å²) in [6.07, 6.45) is 0. The van der Waals surface area contributed by atoms with Crippen molar-refractivity contribution in [3.05, 3.63) is 0 Å². The Bertz CT molecular complexity index is 19.7. The summed E-state index contributed by atoms with van der Waals surface area (Å²) in [6.45, 7) is 0. The maximum Gasteiger partial charge on any atom is 1.00 e. The molecule has 0 radical (unpaired) electrons. The number of rotatable bonds is 0. The van der Waals surface area contributed by atoms with Crippen molar-refractivity contribution in [1.29, 1.82) is 0 Å². The van der Waals surface area contributed by atoms with Crippen LogP contribution in [0.25, 0.3) is 0 Å². The molecule has 0 bridgehead atoms. The van der Waals surface area contributed by atoms with Gasteiger partial charge >= 0.3 is 26.2 Å². The molecular formula is H4BFeLiO3. The molecule has 0 atom stereocenters. The van der Waals surface area contributed by atoms with E-state index in [1.807, 2.05) is 0 Å². The molecule has 3 N–H and O–H groups in total. The molecule has 0 saturated carbocycles. The fourth-order valence-corrected chi connectivity index (χ4v) is 0. The van der Waals surface area contributed by atoms with Crippen molar-refractivity contribution in [2.45, 2.75) is 0 Å². The molecular weight excluding hydrogens is 122 g/mol. The number of hydrogen-bond acceptors (Lipinski definition) is 3. The summed E-state index contributed by atoms with van der Waals surface area (Å²) in [4.78, 5) is 0. The average molecular weight is 126 g/mol. The Hall–Kier alpha value is 1.06. The van der Waals surface area contributed by atoms with Gasteiger partial charge in [-0.15, -0.1) is 0 Å². The molecule has 0 aliphatic heterocycles. The van der Waals surface area contributed by atoms with E-state index in [2.05, 4.69) is 0 Å². The normalized spacial score (nSPS) is 4.50. The second kappa shape index (κ2) is 9.41. The zero-order valence-electron chi connectivity index (χ0n) is 4.27. The van der Waals surface area contributed by atoms with Crippen LogP contribution in [0.3, 0.4) is 0 Å². The van der Waals surface area contributed by atoms with Crippen LogP contribution in [0.5, 0.6) is 0 Å². The molecule has 0 rings (SSSR count). The molecule has 0 aromatic rings. The molecule has 0 saturated heterocycles. The van der Waals surface area contributed by atoms with E-state index in [-0.39, 0.29) is 37.4 Å². The third-order valence-corrected chi connectivity index (χ3v) is 0. The first-order chi connectivity index (χ1) is 1.73. The zero-order chi connectivity index (χ0) is 3.58. The summed E-state index contributed by atoms with van der Waals surface area (Å²) in [5.41, 5.74) is 0. The first-order valence-corrected chi connectivity index (χ1v) is 0.775. The van der Waals surface area contributed by atoms with Gasteiger partial charge in [0.25, 0.3) is 0 Å². The first kappa shape index (κ1) is 15.7. The molecule has 0 amide bonds. The summed E-state index contributed by atoms with van der Waals surface area (Å²) < 4.78 is 0. The predicted octanol–water partition coefficient (Wildman–Crippen LogP) is -4.94. The van der Waals surface area contributed by atoms with E-state index in [1.165, 1.54) is 0 Å². The molecule has 0 aliphatic carbocycles. The van der Waals surface area contributed by atoms with Crippen LogP contribution in [0.15, 0.2) is 0 Å². The van der Waals surface area contributed by atoms with Gasteiger partial charge in [0.15, 0.2) is 0 Å². The van der Waals surface area contributed by atoms with Gasteiger partial charge in [0.2, 0.25) is 0 Å². The van der Waals surface area contributed by atoms with E-state index in [0.29, 0.717) is 0 Å². The quantitative estimate of drug-likeness (QED) is 0.285. The van der Waals surface area contributed by atoms with Crippen LogP contribution in [0.4, 0.5) is 0 Å². The van der Waals surface area contributed by atoms with E-state index in [0.717, 1.165) is 0 Å². The Morgan fingerprint density at radius 1 is 1.17 bits per heavy atom. The van der Waals surface area contributed by atoms with Gasteiger partial charge in [-0.05, 0) is 0 Å². The smallest absolute Gasteiger partial charge is 1.00 e. The van der Waals surface area contributed by atoms with Crippen molar-refractivity contribution in [1.82, 2.24) is 0 Å². The van der Waals surface area contributed by atoms with E-state index in [9.17, 15) is 0 Å². The Balaban J connectivity index is -0.0000000150. The Morgan fingerprint density at radius 2 is 1.17 bits per heavy atom. The van der Waals surface area contributed by atoms with Crippen molar-refractivity contribution in [2.24, 2.45) is 0 Å². The minimum atomic E-state index is -2.17. The molecule has 6 heavy (non-hydrogen) atoms. The molecule has 0 spiro atoms. The molecule has 6 heteroatoms. The average Bonchev–Trinajstić information content (AvgIpc) is 0.811. The Kier molecular flexibility index (Phi) is 24.7. The van der Waals surface area contributed by atoms with Crippen molar-refractivity contribution in [3.8, 4) is 0 Å². The molecule has 0 fully saturated rings. The third kappa shape index (κ3) is 74.1. The van der Waals surface area contributed by atoms with Gasteiger partial charge in [0.1, 0.15) is 0 Å². The third-order valence-electron chi connectivity index (χ3n) is 0. The van der Waals surface area contributed by atoms with Crippen molar-refractivity contribution < 1.29 is 52.4 Å². The molecule has 0 aliphatic rings. The first-order valence-electron chi connectivity index (χ1n) is 0.775. The van der Waals surface area contributed by atoms with Gasteiger partial charge in [-0.3, -0.25) is 0 Å². The summed E-state index contributed by atoms with van der Waals surface area (Å²) in [7, 11) is -2.17.